The van der Waals surface area contributed by atoms with Crippen LogP contribution in [0.4, 0.5) is 0 Å². The van der Waals surface area contributed by atoms with Crippen LogP contribution in [-0.2, 0) is 11.2 Å². The van der Waals surface area contributed by atoms with Crippen molar-refractivity contribution in [3.63, 3.8) is 0 Å². The van der Waals surface area contributed by atoms with Gasteiger partial charge in [-0.05, 0) is 48.6 Å². The molecule has 3 nitrogen and oxygen atoms in total. The Morgan fingerprint density at radius 1 is 1.21 bits per heavy atom. The molecule has 19 heavy (non-hydrogen) atoms. The van der Waals surface area contributed by atoms with Crippen LogP contribution in [0.15, 0.2) is 42.7 Å². The molecule has 1 aromatic carbocycles. The second-order valence-electron chi connectivity index (χ2n) is 4.75. The standard InChI is InChI=1S/C16H17NO2/c1-11-5-3-4-6-13(11)9-15(16(18)19)14-7-8-17-10-12(14)2/h3-8,10,15H,9H2,1-2H3,(H,18,19). The van der Waals surface area contributed by atoms with E-state index in [-0.39, 0.29) is 0 Å². The first-order chi connectivity index (χ1) is 9.09. The van der Waals surface area contributed by atoms with Crippen molar-refractivity contribution in [2.24, 2.45) is 0 Å². The van der Waals surface area contributed by atoms with Crippen LogP contribution in [-0.4, -0.2) is 16.1 Å². The quantitative estimate of drug-likeness (QED) is 0.913. The molecule has 0 aliphatic heterocycles. The molecule has 1 heterocycles. The van der Waals surface area contributed by atoms with Crippen molar-refractivity contribution >= 4 is 5.97 Å². The second kappa shape index (κ2) is 5.65. The summed E-state index contributed by atoms with van der Waals surface area (Å²) in [6.45, 7) is 3.91. The van der Waals surface area contributed by atoms with E-state index >= 15 is 0 Å². The van der Waals surface area contributed by atoms with Gasteiger partial charge >= 0.3 is 5.97 Å². The number of nitrogens with zero attached hydrogens (tertiary/aromatic N) is 1. The van der Waals surface area contributed by atoms with E-state index in [0.29, 0.717) is 6.42 Å². The number of pyridine rings is 1. The van der Waals surface area contributed by atoms with Gasteiger partial charge in [0.25, 0.3) is 0 Å². The van der Waals surface area contributed by atoms with Crippen LogP contribution >= 0.6 is 0 Å². The molecule has 1 unspecified atom stereocenters. The summed E-state index contributed by atoms with van der Waals surface area (Å²) < 4.78 is 0. The Hall–Kier alpha value is -2.16. The lowest BCUT2D eigenvalue weighted by molar-refractivity contribution is -0.138. The fourth-order valence-electron chi connectivity index (χ4n) is 2.26. The highest BCUT2D eigenvalue weighted by atomic mass is 16.4. The highest BCUT2D eigenvalue weighted by molar-refractivity contribution is 5.77. The van der Waals surface area contributed by atoms with E-state index in [1.54, 1.807) is 18.5 Å². The SMILES string of the molecule is Cc1ccccc1CC(C(=O)O)c1ccncc1C. The number of carboxylic acids is 1. The normalized spacial score (nSPS) is 12.1. The van der Waals surface area contributed by atoms with Crippen molar-refractivity contribution in [1.82, 2.24) is 4.98 Å². The number of hydrogen-bond donors (Lipinski definition) is 1. The third-order valence-electron chi connectivity index (χ3n) is 3.42. The minimum Gasteiger partial charge on any atom is -0.481 e. The molecule has 3 heteroatoms. The summed E-state index contributed by atoms with van der Waals surface area (Å²) >= 11 is 0. The Labute approximate surface area is 112 Å². The summed E-state index contributed by atoms with van der Waals surface area (Å²) in [5.74, 6) is -1.32. The van der Waals surface area contributed by atoms with Crippen LogP contribution < -0.4 is 0 Å². The number of aliphatic carboxylic acids is 1. The van der Waals surface area contributed by atoms with E-state index in [1.807, 2.05) is 38.1 Å². The molecular formula is C16H17NO2. The monoisotopic (exact) mass is 255 g/mol. The van der Waals surface area contributed by atoms with Crippen LogP contribution in [0.5, 0.6) is 0 Å². The molecule has 0 amide bonds. The van der Waals surface area contributed by atoms with E-state index in [4.69, 9.17) is 0 Å². The number of aryl methyl sites for hydroxylation is 2. The Morgan fingerprint density at radius 3 is 2.58 bits per heavy atom. The van der Waals surface area contributed by atoms with Crippen molar-refractivity contribution in [1.29, 1.82) is 0 Å². The first-order valence-corrected chi connectivity index (χ1v) is 6.27. The van der Waals surface area contributed by atoms with Crippen molar-refractivity contribution in [2.45, 2.75) is 26.2 Å². The van der Waals surface area contributed by atoms with Crippen LogP contribution in [0, 0.1) is 13.8 Å². The Morgan fingerprint density at radius 2 is 1.95 bits per heavy atom. The predicted molar refractivity (Wildman–Crippen MR) is 74.2 cm³/mol. The molecule has 1 aromatic heterocycles. The lowest BCUT2D eigenvalue weighted by Crippen LogP contribution is -2.16. The lowest BCUT2D eigenvalue weighted by Gasteiger charge is -2.16. The van der Waals surface area contributed by atoms with Gasteiger partial charge in [0.05, 0.1) is 5.92 Å². The molecule has 0 saturated heterocycles. The van der Waals surface area contributed by atoms with E-state index in [2.05, 4.69) is 4.98 Å². The molecule has 2 rings (SSSR count). The average molecular weight is 255 g/mol. The minimum absolute atomic E-state index is 0.507. The number of carboxylic acid groups (broad SMARTS) is 1. The minimum atomic E-state index is -0.794. The maximum absolute atomic E-state index is 11.5. The average Bonchev–Trinajstić information content (AvgIpc) is 2.38. The molecule has 0 saturated carbocycles. The fourth-order valence-corrected chi connectivity index (χ4v) is 2.26. The molecule has 0 aliphatic rings. The summed E-state index contributed by atoms with van der Waals surface area (Å²) in [4.78, 5) is 15.6. The van der Waals surface area contributed by atoms with Crippen molar-refractivity contribution in [2.75, 3.05) is 0 Å². The summed E-state index contributed by atoms with van der Waals surface area (Å²) in [5.41, 5.74) is 3.96. The van der Waals surface area contributed by atoms with Gasteiger partial charge in [-0.2, -0.15) is 0 Å². The van der Waals surface area contributed by atoms with E-state index in [0.717, 1.165) is 22.3 Å². The van der Waals surface area contributed by atoms with Crippen LogP contribution in [0.2, 0.25) is 0 Å². The predicted octanol–water partition coefficient (Wildman–Crippen LogP) is 3.11. The molecular weight excluding hydrogens is 238 g/mol. The van der Waals surface area contributed by atoms with Crippen molar-refractivity contribution in [3.05, 3.63) is 65.0 Å². The van der Waals surface area contributed by atoms with E-state index in [9.17, 15) is 9.90 Å². The highest BCUT2D eigenvalue weighted by Gasteiger charge is 2.22. The van der Waals surface area contributed by atoms with Gasteiger partial charge in [0, 0.05) is 12.4 Å². The molecule has 0 radical (unpaired) electrons. The largest absolute Gasteiger partial charge is 0.481 e. The number of rotatable bonds is 4. The molecule has 98 valence electrons. The smallest absolute Gasteiger partial charge is 0.311 e. The second-order valence-corrected chi connectivity index (χ2v) is 4.75. The molecule has 1 N–H and O–H groups in total. The van der Waals surface area contributed by atoms with Crippen LogP contribution in [0.1, 0.15) is 28.2 Å². The maximum Gasteiger partial charge on any atom is 0.311 e. The topological polar surface area (TPSA) is 50.2 Å². The zero-order valence-electron chi connectivity index (χ0n) is 11.1. The summed E-state index contributed by atoms with van der Waals surface area (Å²) in [7, 11) is 0. The number of aromatic nitrogens is 1. The Balaban J connectivity index is 2.35. The Kier molecular flexibility index (Phi) is 3.95. The zero-order valence-corrected chi connectivity index (χ0v) is 11.1. The third-order valence-corrected chi connectivity index (χ3v) is 3.42. The first-order valence-electron chi connectivity index (χ1n) is 6.27. The number of carbonyl (C=O) groups is 1. The third kappa shape index (κ3) is 2.99. The summed E-state index contributed by atoms with van der Waals surface area (Å²) in [6.07, 6.45) is 3.87. The summed E-state index contributed by atoms with van der Waals surface area (Å²) in [5, 5.41) is 9.48. The summed E-state index contributed by atoms with van der Waals surface area (Å²) in [6, 6.07) is 9.70. The lowest BCUT2D eigenvalue weighted by atomic mass is 9.89. The molecule has 0 spiro atoms. The maximum atomic E-state index is 11.5. The van der Waals surface area contributed by atoms with Gasteiger partial charge in [0.15, 0.2) is 0 Å². The van der Waals surface area contributed by atoms with Gasteiger partial charge in [0.2, 0.25) is 0 Å². The van der Waals surface area contributed by atoms with Crippen molar-refractivity contribution < 1.29 is 9.90 Å². The van der Waals surface area contributed by atoms with Gasteiger partial charge in [0.1, 0.15) is 0 Å². The van der Waals surface area contributed by atoms with Gasteiger partial charge in [-0.3, -0.25) is 9.78 Å². The van der Waals surface area contributed by atoms with Crippen molar-refractivity contribution in [3.8, 4) is 0 Å². The van der Waals surface area contributed by atoms with Crippen LogP contribution in [0.25, 0.3) is 0 Å². The first kappa shape index (κ1) is 13.3. The van der Waals surface area contributed by atoms with Gasteiger partial charge < -0.3 is 5.11 Å². The number of hydrogen-bond acceptors (Lipinski definition) is 2. The van der Waals surface area contributed by atoms with E-state index < -0.39 is 11.9 Å². The molecule has 0 bridgehead atoms. The molecule has 2 aromatic rings. The Bertz CT molecular complexity index is 593. The fraction of sp³-hybridized carbons (Fsp3) is 0.250. The van der Waals surface area contributed by atoms with Gasteiger partial charge in [-0.25, -0.2) is 0 Å². The molecule has 0 fully saturated rings. The molecule has 1 atom stereocenters. The highest BCUT2D eigenvalue weighted by Crippen LogP contribution is 2.25. The number of benzene rings is 1. The van der Waals surface area contributed by atoms with Gasteiger partial charge in [-0.1, -0.05) is 24.3 Å². The van der Waals surface area contributed by atoms with Gasteiger partial charge in [-0.15, -0.1) is 0 Å². The van der Waals surface area contributed by atoms with Crippen LogP contribution in [0.3, 0.4) is 0 Å². The zero-order chi connectivity index (χ0) is 13.8. The van der Waals surface area contributed by atoms with E-state index in [1.165, 1.54) is 0 Å². The molecule has 0 aliphatic carbocycles.